The second kappa shape index (κ2) is 8.26. The van der Waals surface area contributed by atoms with Gasteiger partial charge in [0.05, 0.1) is 25.2 Å². The summed E-state index contributed by atoms with van der Waals surface area (Å²) in [6.07, 6.45) is 3.13. The Morgan fingerprint density at radius 2 is 1.68 bits per heavy atom. The summed E-state index contributed by atoms with van der Waals surface area (Å²) in [4.78, 5) is 14.1. The van der Waals surface area contributed by atoms with E-state index < -0.39 is 10.0 Å². The molecule has 0 aromatic heterocycles. The number of piperidine rings is 1. The van der Waals surface area contributed by atoms with Crippen LogP contribution < -0.4 is 15.2 Å². The van der Waals surface area contributed by atoms with Gasteiger partial charge in [0, 0.05) is 25.2 Å². The molecule has 2 fully saturated rings. The topological polar surface area (TPSA) is 102 Å². The number of amides is 1. The van der Waals surface area contributed by atoms with Crippen molar-refractivity contribution in [2.45, 2.75) is 49.6 Å². The van der Waals surface area contributed by atoms with Gasteiger partial charge in [0.25, 0.3) is 0 Å². The highest BCUT2D eigenvalue weighted by Gasteiger charge is 2.38. The van der Waals surface area contributed by atoms with Gasteiger partial charge in [-0.2, -0.15) is 4.31 Å². The van der Waals surface area contributed by atoms with Crippen LogP contribution in [0.3, 0.4) is 0 Å². The van der Waals surface area contributed by atoms with E-state index in [1.807, 2.05) is 0 Å². The minimum Gasteiger partial charge on any atom is -0.493 e. The van der Waals surface area contributed by atoms with E-state index in [1.165, 1.54) is 24.6 Å². The molecule has 8 nitrogen and oxygen atoms in total. The Morgan fingerprint density at radius 3 is 2.25 bits per heavy atom. The molecule has 1 atom stereocenters. The average Bonchev–Trinajstić information content (AvgIpc) is 3.17. The number of benzene rings is 1. The van der Waals surface area contributed by atoms with E-state index in [9.17, 15) is 13.2 Å². The van der Waals surface area contributed by atoms with Gasteiger partial charge in [0.15, 0.2) is 11.5 Å². The highest BCUT2D eigenvalue weighted by Crippen LogP contribution is 2.35. The fourth-order valence-electron chi connectivity index (χ4n) is 4.32. The van der Waals surface area contributed by atoms with E-state index in [0.29, 0.717) is 43.0 Å². The fraction of sp³-hybridized carbons (Fsp3) is 0.632. The van der Waals surface area contributed by atoms with E-state index in [1.54, 1.807) is 13.0 Å². The summed E-state index contributed by atoms with van der Waals surface area (Å²) in [6, 6.07) is 3.18. The number of carbonyl (C=O) groups excluding carboxylic acids is 1. The zero-order valence-corrected chi connectivity index (χ0v) is 17.5. The first-order valence-electron chi connectivity index (χ1n) is 9.57. The summed E-state index contributed by atoms with van der Waals surface area (Å²) in [5.74, 6) is 0.612. The van der Waals surface area contributed by atoms with Crippen molar-refractivity contribution in [3.63, 3.8) is 0 Å². The van der Waals surface area contributed by atoms with Crippen LogP contribution in [0.4, 0.5) is 0 Å². The molecular weight excluding hydrogens is 382 g/mol. The average molecular weight is 412 g/mol. The Hall–Kier alpha value is -1.84. The molecule has 0 bridgehead atoms. The number of likely N-dealkylation sites (tertiary alicyclic amines) is 1. The van der Waals surface area contributed by atoms with Crippen molar-refractivity contribution in [3.05, 3.63) is 17.7 Å². The number of rotatable bonds is 6. The highest BCUT2D eigenvalue weighted by atomic mass is 32.2. The number of methoxy groups -OCH3 is 2. The standard InChI is InChI=1S/C19H29N3O5S/c1-13-11-16(26-2)17(27-3)12-18(13)28(24,25)21-9-6-14(7-10-21)22-8-4-5-15(22)19(20)23/h11-12,14-15H,4-10H2,1-3H3,(H2,20,23). The molecule has 1 aromatic carbocycles. The summed E-state index contributed by atoms with van der Waals surface area (Å²) >= 11 is 0. The van der Waals surface area contributed by atoms with Gasteiger partial charge in [-0.25, -0.2) is 8.42 Å². The molecule has 1 unspecified atom stereocenters. The maximum atomic E-state index is 13.2. The van der Waals surface area contributed by atoms with Crippen molar-refractivity contribution in [2.75, 3.05) is 33.9 Å². The minimum atomic E-state index is -3.64. The van der Waals surface area contributed by atoms with Crippen LogP contribution in [0, 0.1) is 6.92 Å². The van der Waals surface area contributed by atoms with E-state index >= 15 is 0 Å². The van der Waals surface area contributed by atoms with Gasteiger partial charge in [-0.3, -0.25) is 9.69 Å². The number of nitrogens with zero attached hydrogens (tertiary/aromatic N) is 2. The fourth-order valence-corrected chi connectivity index (χ4v) is 6.02. The van der Waals surface area contributed by atoms with Gasteiger partial charge in [0.1, 0.15) is 0 Å². The van der Waals surface area contributed by atoms with Crippen molar-refractivity contribution in [3.8, 4) is 11.5 Å². The second-order valence-electron chi connectivity index (χ2n) is 7.41. The smallest absolute Gasteiger partial charge is 0.243 e. The predicted molar refractivity (Wildman–Crippen MR) is 105 cm³/mol. The lowest BCUT2D eigenvalue weighted by molar-refractivity contribution is -0.123. The molecule has 3 rings (SSSR count). The van der Waals surface area contributed by atoms with Crippen LogP contribution in [0.15, 0.2) is 17.0 Å². The van der Waals surface area contributed by atoms with Crippen molar-refractivity contribution >= 4 is 15.9 Å². The largest absolute Gasteiger partial charge is 0.493 e. The Balaban J connectivity index is 1.76. The van der Waals surface area contributed by atoms with E-state index in [0.717, 1.165) is 19.4 Å². The molecule has 9 heteroatoms. The minimum absolute atomic E-state index is 0.193. The number of sulfonamides is 1. The molecule has 0 saturated carbocycles. The molecule has 1 amide bonds. The number of hydrogen-bond donors (Lipinski definition) is 1. The number of carbonyl (C=O) groups is 1. The zero-order valence-electron chi connectivity index (χ0n) is 16.7. The molecule has 2 heterocycles. The van der Waals surface area contributed by atoms with E-state index in [2.05, 4.69) is 4.90 Å². The van der Waals surface area contributed by atoms with Crippen LogP contribution in [0.25, 0.3) is 0 Å². The molecular formula is C19H29N3O5S. The molecule has 2 aliphatic heterocycles. The Labute approximate surface area is 166 Å². The first-order chi connectivity index (χ1) is 13.3. The van der Waals surface area contributed by atoms with Crippen LogP contribution in [0.1, 0.15) is 31.2 Å². The van der Waals surface area contributed by atoms with Gasteiger partial charge < -0.3 is 15.2 Å². The summed E-state index contributed by atoms with van der Waals surface area (Å²) in [7, 11) is -0.631. The molecule has 28 heavy (non-hydrogen) atoms. The van der Waals surface area contributed by atoms with Gasteiger partial charge in [0.2, 0.25) is 15.9 Å². The molecule has 2 N–H and O–H groups in total. The lowest BCUT2D eigenvalue weighted by atomic mass is 10.0. The second-order valence-corrected chi connectivity index (χ2v) is 9.31. The third-order valence-electron chi connectivity index (χ3n) is 5.81. The third-order valence-corrected chi connectivity index (χ3v) is 7.85. The summed E-state index contributed by atoms with van der Waals surface area (Å²) in [6.45, 7) is 3.44. The van der Waals surface area contributed by atoms with Crippen LogP contribution in [0.5, 0.6) is 11.5 Å². The monoisotopic (exact) mass is 411 g/mol. The summed E-state index contributed by atoms with van der Waals surface area (Å²) in [5, 5.41) is 0. The highest BCUT2D eigenvalue weighted by molar-refractivity contribution is 7.89. The molecule has 0 radical (unpaired) electrons. The molecule has 2 aliphatic rings. The van der Waals surface area contributed by atoms with Crippen molar-refractivity contribution in [1.82, 2.24) is 9.21 Å². The Bertz CT molecular complexity index is 834. The number of ether oxygens (including phenoxy) is 2. The van der Waals surface area contributed by atoms with Crippen molar-refractivity contribution < 1.29 is 22.7 Å². The lowest BCUT2D eigenvalue weighted by Gasteiger charge is -2.38. The molecule has 156 valence electrons. The number of nitrogens with two attached hydrogens (primary N) is 1. The summed E-state index contributed by atoms with van der Waals surface area (Å²) < 4.78 is 38.5. The Morgan fingerprint density at radius 1 is 1.07 bits per heavy atom. The van der Waals surface area contributed by atoms with Crippen molar-refractivity contribution in [2.24, 2.45) is 5.73 Å². The molecule has 0 aliphatic carbocycles. The lowest BCUT2D eigenvalue weighted by Crippen LogP contribution is -2.51. The maximum absolute atomic E-state index is 13.2. The normalized spacial score (nSPS) is 22.3. The number of primary amides is 1. The SMILES string of the molecule is COc1cc(C)c(S(=O)(=O)N2CCC(N3CCCC3C(N)=O)CC2)cc1OC. The number of aryl methyl sites for hydroxylation is 1. The van der Waals surface area contributed by atoms with Crippen LogP contribution in [-0.4, -0.2) is 69.5 Å². The van der Waals surface area contributed by atoms with Crippen molar-refractivity contribution in [1.29, 1.82) is 0 Å². The van der Waals surface area contributed by atoms with Crippen LogP contribution in [0.2, 0.25) is 0 Å². The third kappa shape index (κ3) is 3.83. The van der Waals surface area contributed by atoms with E-state index in [4.69, 9.17) is 15.2 Å². The first-order valence-corrected chi connectivity index (χ1v) is 11.0. The quantitative estimate of drug-likeness (QED) is 0.752. The molecule has 2 saturated heterocycles. The molecule has 1 aromatic rings. The van der Waals surface area contributed by atoms with Crippen LogP contribution in [-0.2, 0) is 14.8 Å². The van der Waals surface area contributed by atoms with Gasteiger partial charge in [-0.15, -0.1) is 0 Å². The van der Waals surface area contributed by atoms with Gasteiger partial charge in [-0.1, -0.05) is 0 Å². The summed E-state index contributed by atoms with van der Waals surface area (Å²) in [5.41, 5.74) is 6.14. The maximum Gasteiger partial charge on any atom is 0.243 e. The molecule has 0 spiro atoms. The zero-order chi connectivity index (χ0) is 20.5. The van der Waals surface area contributed by atoms with Gasteiger partial charge >= 0.3 is 0 Å². The number of hydrogen-bond acceptors (Lipinski definition) is 6. The van der Waals surface area contributed by atoms with Crippen LogP contribution >= 0.6 is 0 Å². The Kier molecular flexibility index (Phi) is 6.16. The first kappa shape index (κ1) is 20.9. The predicted octanol–water partition coefficient (Wildman–Crippen LogP) is 1.12. The van der Waals surface area contributed by atoms with Gasteiger partial charge in [-0.05, 0) is 50.8 Å². The van der Waals surface area contributed by atoms with E-state index in [-0.39, 0.29) is 22.9 Å².